The predicted molar refractivity (Wildman–Crippen MR) is 116 cm³/mol. The molecule has 1 saturated heterocycles. The zero-order valence-corrected chi connectivity index (χ0v) is 19.1. The molecule has 4 rings (SSSR count). The van der Waals surface area contributed by atoms with Crippen molar-refractivity contribution in [3.8, 4) is 0 Å². The van der Waals surface area contributed by atoms with Crippen molar-refractivity contribution in [1.82, 2.24) is 30.1 Å². The number of thiazole rings is 1. The Morgan fingerprint density at radius 1 is 1.47 bits per heavy atom. The lowest BCUT2D eigenvalue weighted by Crippen LogP contribution is -2.65. The number of oxime groups is 1. The lowest BCUT2D eigenvalue weighted by atomic mass is 9.88. The van der Waals surface area contributed by atoms with Crippen LogP contribution in [0, 0.1) is 5.92 Å². The minimum absolute atomic E-state index is 0.117. The Bertz CT molecular complexity index is 1160. The van der Waals surface area contributed by atoms with Crippen LogP contribution in [0.5, 0.6) is 0 Å². The van der Waals surface area contributed by atoms with Crippen molar-refractivity contribution in [2.45, 2.75) is 10.5 Å². The van der Waals surface area contributed by atoms with Gasteiger partial charge in [-0.2, -0.15) is 0 Å². The van der Waals surface area contributed by atoms with Gasteiger partial charge >= 0.3 is 5.97 Å². The smallest absolute Gasteiger partial charge is 0.352 e. The van der Waals surface area contributed by atoms with Crippen LogP contribution in [0.25, 0.3) is 0 Å². The van der Waals surface area contributed by atoms with Crippen LogP contribution >= 0.6 is 34.9 Å². The summed E-state index contributed by atoms with van der Waals surface area (Å²) in [7, 11) is 2.94. The number of carbonyl (C=O) groups is 3. The summed E-state index contributed by atoms with van der Waals surface area (Å²) in [6.45, 7) is 0. The second-order valence-corrected chi connectivity index (χ2v) is 9.51. The van der Waals surface area contributed by atoms with E-state index in [0.717, 1.165) is 16.2 Å². The van der Waals surface area contributed by atoms with Crippen LogP contribution in [0.2, 0.25) is 0 Å². The number of aryl methyl sites for hydroxylation is 1. The van der Waals surface area contributed by atoms with E-state index in [1.807, 2.05) is 0 Å². The summed E-state index contributed by atoms with van der Waals surface area (Å²) < 4.78 is 1.47. The monoisotopic (exact) mass is 496 g/mol. The van der Waals surface area contributed by atoms with E-state index < -0.39 is 29.0 Å². The quantitative estimate of drug-likeness (QED) is 0.162. The number of carboxylic acid groups (broad SMARTS) is 1. The van der Waals surface area contributed by atoms with Crippen molar-refractivity contribution in [1.29, 1.82) is 0 Å². The Balaban J connectivity index is 1.57. The van der Waals surface area contributed by atoms with Crippen LogP contribution in [0.15, 0.2) is 27.0 Å². The first-order chi connectivity index (χ1) is 15.3. The maximum Gasteiger partial charge on any atom is 0.352 e. The summed E-state index contributed by atoms with van der Waals surface area (Å²) >= 11 is 3.69. The number of carbonyl (C=O) groups excluding carboxylic acids is 2. The molecule has 0 saturated carbocycles. The molecule has 13 nitrogen and oxygen atoms in total. The van der Waals surface area contributed by atoms with Crippen molar-refractivity contribution in [2.75, 3.05) is 24.3 Å². The molecule has 2 aromatic heterocycles. The first-order valence-electron chi connectivity index (χ1n) is 8.95. The van der Waals surface area contributed by atoms with Gasteiger partial charge in [0.25, 0.3) is 0 Å². The summed E-state index contributed by atoms with van der Waals surface area (Å²) in [5.74, 6) is -2.92. The number of thioether (sulfide) groups is 2. The number of nitrogens with zero attached hydrogens (tertiary/aromatic N) is 7. The predicted octanol–water partition coefficient (Wildman–Crippen LogP) is -0.169. The fraction of sp³-hybridized carbons (Fsp3) is 0.375. The highest BCUT2D eigenvalue weighted by Crippen LogP contribution is 2.45. The SMILES string of the molecule is CO/N=C(\C(=O)C1C(=O)N2C(C(=O)O)=C(CSc3nnnn3C)CS[C@H]12)c1csc(N)n1. The molecule has 0 spiro atoms. The van der Waals surface area contributed by atoms with Gasteiger partial charge in [0.2, 0.25) is 16.8 Å². The van der Waals surface area contributed by atoms with Crippen molar-refractivity contribution < 1.29 is 24.3 Å². The van der Waals surface area contributed by atoms with Gasteiger partial charge in [0, 0.05) is 23.9 Å². The minimum Gasteiger partial charge on any atom is -0.477 e. The van der Waals surface area contributed by atoms with E-state index >= 15 is 0 Å². The van der Waals surface area contributed by atoms with E-state index in [4.69, 9.17) is 10.6 Å². The number of fused-ring (bicyclic) bond motifs is 1. The number of aromatic nitrogens is 5. The van der Waals surface area contributed by atoms with Gasteiger partial charge in [-0.3, -0.25) is 14.5 Å². The van der Waals surface area contributed by atoms with Gasteiger partial charge in [-0.15, -0.1) is 28.2 Å². The number of ketones is 1. The van der Waals surface area contributed by atoms with E-state index in [1.54, 1.807) is 12.4 Å². The number of nitrogens with two attached hydrogens (primary N) is 1. The largest absolute Gasteiger partial charge is 0.477 e. The lowest BCUT2D eigenvalue weighted by molar-refractivity contribution is -0.155. The molecule has 168 valence electrons. The van der Waals surface area contributed by atoms with Gasteiger partial charge < -0.3 is 15.7 Å². The van der Waals surface area contributed by atoms with Crippen LogP contribution in [-0.4, -0.2) is 82.6 Å². The van der Waals surface area contributed by atoms with E-state index in [9.17, 15) is 19.5 Å². The number of anilines is 1. The molecule has 4 heterocycles. The molecule has 0 radical (unpaired) electrons. The Kier molecular flexibility index (Phi) is 6.16. The first-order valence-corrected chi connectivity index (χ1v) is 11.9. The van der Waals surface area contributed by atoms with Gasteiger partial charge in [-0.25, -0.2) is 14.5 Å². The minimum atomic E-state index is -1.24. The van der Waals surface area contributed by atoms with E-state index in [1.165, 1.54) is 35.3 Å². The normalized spacial score (nSPS) is 20.8. The highest BCUT2D eigenvalue weighted by molar-refractivity contribution is 8.01. The molecular formula is C16H16N8O5S3. The molecule has 0 aromatic carbocycles. The number of rotatable bonds is 8. The molecule has 0 aliphatic carbocycles. The Morgan fingerprint density at radius 3 is 2.84 bits per heavy atom. The topological polar surface area (TPSA) is 179 Å². The van der Waals surface area contributed by atoms with Crippen LogP contribution in [0.4, 0.5) is 5.13 Å². The number of hydrogen-bond donors (Lipinski definition) is 2. The summed E-state index contributed by atoms with van der Waals surface area (Å²) in [5, 5.41) is 26.3. The highest BCUT2D eigenvalue weighted by Gasteiger charge is 2.57. The number of aliphatic carboxylic acids is 1. The standard InChI is InChI=1S/C16H16N8O5S3/c1-23-16(19-21-22-23)32-4-6-3-30-13-8(12(26)24(13)10(6)14(27)28)11(25)9(20-29-2)7-5-31-15(17)18-7/h5,8,13H,3-4H2,1-2H3,(H2,17,18)(H,27,28)/b20-9-/t8?,13-/m1/s1. The summed E-state index contributed by atoms with van der Waals surface area (Å²) in [5.41, 5.74) is 6.15. The molecule has 0 bridgehead atoms. The lowest BCUT2D eigenvalue weighted by Gasteiger charge is -2.48. The third kappa shape index (κ3) is 3.84. The molecule has 32 heavy (non-hydrogen) atoms. The first kappa shape index (κ1) is 22.2. The zero-order chi connectivity index (χ0) is 23.0. The zero-order valence-electron chi connectivity index (χ0n) is 16.7. The summed E-state index contributed by atoms with van der Waals surface area (Å²) in [4.78, 5) is 48.0. The second-order valence-electron chi connectivity index (χ2n) is 6.58. The average Bonchev–Trinajstić information content (AvgIpc) is 3.37. The summed E-state index contributed by atoms with van der Waals surface area (Å²) in [6.07, 6.45) is 0. The molecule has 3 N–H and O–H groups in total. The van der Waals surface area contributed by atoms with E-state index in [0.29, 0.717) is 16.5 Å². The molecule has 1 amide bonds. The van der Waals surface area contributed by atoms with Crippen LogP contribution in [-0.2, 0) is 26.3 Å². The number of amides is 1. The molecule has 1 fully saturated rings. The third-order valence-corrected chi connectivity index (χ3v) is 7.78. The Labute approximate surface area is 193 Å². The fourth-order valence-electron chi connectivity index (χ4n) is 3.25. The number of tetrazole rings is 1. The van der Waals surface area contributed by atoms with Crippen LogP contribution in [0.1, 0.15) is 5.69 Å². The second kappa shape index (κ2) is 8.87. The number of β-lactam (4-membered cyclic amide) rings is 1. The number of Topliss-reactive ketones (excluding diaryl/α,β-unsaturated/α-hetero) is 1. The van der Waals surface area contributed by atoms with Gasteiger partial charge in [-0.05, 0) is 16.0 Å². The molecular weight excluding hydrogens is 480 g/mol. The van der Waals surface area contributed by atoms with E-state index in [-0.39, 0.29) is 28.0 Å². The molecule has 16 heteroatoms. The number of nitrogen functional groups attached to an aromatic ring is 1. The van der Waals surface area contributed by atoms with Crippen LogP contribution in [0.3, 0.4) is 0 Å². The van der Waals surface area contributed by atoms with Crippen molar-refractivity contribution in [3.05, 3.63) is 22.3 Å². The maximum atomic E-state index is 13.1. The van der Waals surface area contributed by atoms with Crippen molar-refractivity contribution in [3.63, 3.8) is 0 Å². The average molecular weight is 497 g/mol. The van der Waals surface area contributed by atoms with Crippen LogP contribution < -0.4 is 5.73 Å². The Morgan fingerprint density at radius 2 is 2.25 bits per heavy atom. The molecule has 2 aliphatic heterocycles. The summed E-state index contributed by atoms with van der Waals surface area (Å²) in [6, 6.07) is 0. The Hall–Kier alpha value is -2.98. The van der Waals surface area contributed by atoms with Gasteiger partial charge in [-0.1, -0.05) is 16.9 Å². The van der Waals surface area contributed by atoms with E-state index in [2.05, 4.69) is 25.7 Å². The molecule has 2 aromatic rings. The number of hydrogen-bond acceptors (Lipinski definition) is 13. The van der Waals surface area contributed by atoms with Gasteiger partial charge in [0.1, 0.15) is 29.8 Å². The maximum absolute atomic E-state index is 13.1. The third-order valence-electron chi connectivity index (χ3n) is 4.67. The molecule has 2 aliphatic rings. The van der Waals surface area contributed by atoms with Crippen molar-refractivity contribution in [2.24, 2.45) is 18.1 Å². The highest BCUT2D eigenvalue weighted by atomic mass is 32.2. The molecule has 2 atom stereocenters. The fourth-order valence-corrected chi connectivity index (χ4v) is 6.19. The van der Waals surface area contributed by atoms with Gasteiger partial charge in [0.05, 0.1) is 0 Å². The number of carboxylic acids is 1. The van der Waals surface area contributed by atoms with Crippen molar-refractivity contribution >= 4 is 63.4 Å². The van der Waals surface area contributed by atoms with Gasteiger partial charge in [0.15, 0.2) is 10.8 Å². The molecule has 1 unspecified atom stereocenters.